The molecule has 2 heterocycles. The van der Waals surface area contributed by atoms with Crippen LogP contribution < -0.4 is 20.3 Å². The predicted octanol–water partition coefficient (Wildman–Crippen LogP) is 5.59. The summed E-state index contributed by atoms with van der Waals surface area (Å²) in [7, 11) is 3.18. The van der Waals surface area contributed by atoms with E-state index < -0.39 is 5.92 Å². The number of ketones is 1. The zero-order valence-corrected chi connectivity index (χ0v) is 22.5. The maximum Gasteiger partial charge on any atom is 0.257 e. The molecular formula is C29H31N3O4S. The normalized spacial score (nSPS) is 18.1. The van der Waals surface area contributed by atoms with Crippen molar-refractivity contribution < 1.29 is 14.3 Å². The Morgan fingerprint density at radius 3 is 2.59 bits per heavy atom. The molecule has 0 saturated carbocycles. The maximum absolute atomic E-state index is 13.7. The molecule has 5 rings (SSSR count). The number of methoxy groups -OCH3 is 2. The summed E-state index contributed by atoms with van der Waals surface area (Å²) in [5, 5.41) is 3.91. The molecule has 8 heteroatoms. The van der Waals surface area contributed by atoms with Gasteiger partial charge in [0.05, 0.1) is 25.7 Å². The first-order valence-electron chi connectivity index (χ1n) is 12.3. The van der Waals surface area contributed by atoms with Crippen molar-refractivity contribution in [1.29, 1.82) is 0 Å². The molecule has 1 aliphatic heterocycles. The van der Waals surface area contributed by atoms with Gasteiger partial charge in [0, 0.05) is 29.0 Å². The highest BCUT2D eigenvalue weighted by Gasteiger charge is 2.43. The van der Waals surface area contributed by atoms with E-state index in [1.807, 2.05) is 18.2 Å². The lowest BCUT2D eigenvalue weighted by molar-refractivity contribution is -0.118. The highest BCUT2D eigenvalue weighted by Crippen LogP contribution is 2.49. The van der Waals surface area contributed by atoms with E-state index in [1.54, 1.807) is 26.4 Å². The van der Waals surface area contributed by atoms with Gasteiger partial charge in [-0.2, -0.15) is 0 Å². The topological polar surface area (TPSA) is 93.3 Å². The standard InChI is InChI=1S/C29H31N3O4S/c1-16-8-6-7-9-17(16)15-37-28-31-26-25(27(34)32-28)23(19-12-18(35-4)10-11-22(19)36-5)24-20(30-26)13-29(2,3)14-21(24)33/h6-12,23H,13-15H2,1-5H3,(H2,30,31,32,34). The third kappa shape index (κ3) is 4.78. The van der Waals surface area contributed by atoms with Crippen LogP contribution in [0.25, 0.3) is 0 Å². The molecule has 2 aromatic carbocycles. The van der Waals surface area contributed by atoms with Crippen LogP contribution in [-0.2, 0) is 10.5 Å². The number of H-pyrrole nitrogens is 1. The average Bonchev–Trinajstić information content (AvgIpc) is 2.85. The Bertz CT molecular complexity index is 1470. The van der Waals surface area contributed by atoms with Gasteiger partial charge < -0.3 is 19.8 Å². The van der Waals surface area contributed by atoms with Crippen LogP contribution in [0.2, 0.25) is 0 Å². The van der Waals surface area contributed by atoms with Crippen LogP contribution in [-0.4, -0.2) is 30.0 Å². The highest BCUT2D eigenvalue weighted by atomic mass is 32.2. The van der Waals surface area contributed by atoms with E-state index in [0.29, 0.717) is 57.8 Å². The van der Waals surface area contributed by atoms with E-state index in [9.17, 15) is 9.59 Å². The quantitative estimate of drug-likeness (QED) is 0.325. The molecule has 1 aliphatic carbocycles. The summed E-state index contributed by atoms with van der Waals surface area (Å²) >= 11 is 1.48. The molecule has 2 aliphatic rings. The van der Waals surface area contributed by atoms with Gasteiger partial charge in [-0.15, -0.1) is 0 Å². The SMILES string of the molecule is COc1ccc(OC)c(C2C3=C(CC(C)(C)CC3=O)Nc3nc(SCc4ccccc4C)[nH]c(=O)c32)c1. The lowest BCUT2D eigenvalue weighted by Crippen LogP contribution is -2.37. The van der Waals surface area contributed by atoms with Gasteiger partial charge in [0.25, 0.3) is 5.56 Å². The zero-order valence-electron chi connectivity index (χ0n) is 21.7. The Labute approximate surface area is 220 Å². The van der Waals surface area contributed by atoms with E-state index in [4.69, 9.17) is 14.5 Å². The lowest BCUT2D eigenvalue weighted by Gasteiger charge is -2.38. The molecular weight excluding hydrogens is 486 g/mol. The second-order valence-corrected chi connectivity index (χ2v) is 11.3. The number of benzene rings is 2. The van der Waals surface area contributed by atoms with Gasteiger partial charge in [0.2, 0.25) is 0 Å². The largest absolute Gasteiger partial charge is 0.497 e. The van der Waals surface area contributed by atoms with Gasteiger partial charge >= 0.3 is 0 Å². The van der Waals surface area contributed by atoms with Crippen molar-refractivity contribution in [2.75, 3.05) is 19.5 Å². The monoisotopic (exact) mass is 517 g/mol. The number of ether oxygens (including phenoxy) is 2. The summed E-state index contributed by atoms with van der Waals surface area (Å²) in [6.07, 6.45) is 1.08. The van der Waals surface area contributed by atoms with Crippen molar-refractivity contribution >= 4 is 23.4 Å². The van der Waals surface area contributed by atoms with Crippen molar-refractivity contribution in [1.82, 2.24) is 9.97 Å². The van der Waals surface area contributed by atoms with Gasteiger partial charge in [0.15, 0.2) is 10.9 Å². The predicted molar refractivity (Wildman–Crippen MR) is 146 cm³/mol. The number of Topliss-reactive ketones (excluding diaryl/α,β-unsaturated/α-hetero) is 1. The van der Waals surface area contributed by atoms with Crippen molar-refractivity contribution in [3.8, 4) is 11.5 Å². The number of thioether (sulfide) groups is 1. The second kappa shape index (κ2) is 9.74. The average molecular weight is 518 g/mol. The number of rotatable bonds is 6. The minimum absolute atomic E-state index is 0.0247. The fourth-order valence-electron chi connectivity index (χ4n) is 5.26. The van der Waals surface area contributed by atoms with Crippen LogP contribution in [0, 0.1) is 12.3 Å². The number of nitrogens with zero attached hydrogens (tertiary/aromatic N) is 1. The van der Waals surface area contributed by atoms with Crippen molar-refractivity contribution in [3.63, 3.8) is 0 Å². The number of fused-ring (bicyclic) bond motifs is 1. The summed E-state index contributed by atoms with van der Waals surface area (Å²) < 4.78 is 11.2. The van der Waals surface area contributed by atoms with E-state index in [-0.39, 0.29) is 16.8 Å². The maximum atomic E-state index is 13.7. The second-order valence-electron chi connectivity index (χ2n) is 10.3. The minimum atomic E-state index is -0.619. The molecule has 0 fully saturated rings. The molecule has 0 radical (unpaired) electrons. The van der Waals surface area contributed by atoms with E-state index in [1.165, 1.54) is 22.9 Å². The number of nitrogens with one attached hydrogen (secondary N) is 2. The fourth-order valence-corrected chi connectivity index (χ4v) is 6.19. The van der Waals surface area contributed by atoms with Gasteiger partial charge in [-0.05, 0) is 48.1 Å². The minimum Gasteiger partial charge on any atom is -0.497 e. The summed E-state index contributed by atoms with van der Waals surface area (Å²) in [5.41, 5.74) is 4.44. The van der Waals surface area contributed by atoms with E-state index >= 15 is 0 Å². The number of hydrogen-bond acceptors (Lipinski definition) is 7. The lowest BCUT2D eigenvalue weighted by atomic mass is 9.69. The number of aryl methyl sites for hydroxylation is 1. The smallest absolute Gasteiger partial charge is 0.257 e. The fraction of sp³-hybridized carbons (Fsp3) is 0.345. The molecule has 0 amide bonds. The zero-order chi connectivity index (χ0) is 26.3. The Morgan fingerprint density at radius 2 is 1.86 bits per heavy atom. The first kappa shape index (κ1) is 25.1. The molecule has 37 heavy (non-hydrogen) atoms. The molecule has 0 bridgehead atoms. The first-order valence-corrected chi connectivity index (χ1v) is 13.3. The first-order chi connectivity index (χ1) is 17.7. The summed E-state index contributed by atoms with van der Waals surface area (Å²) in [6.45, 7) is 6.24. The molecule has 0 saturated heterocycles. The molecule has 3 aromatic rings. The molecule has 0 spiro atoms. The number of allylic oxidation sites excluding steroid dienone is 2. The summed E-state index contributed by atoms with van der Waals surface area (Å²) in [5.74, 6) is 1.77. The van der Waals surface area contributed by atoms with Crippen molar-refractivity contribution in [3.05, 3.63) is 86.3 Å². The summed E-state index contributed by atoms with van der Waals surface area (Å²) in [6, 6.07) is 13.6. The molecule has 1 unspecified atom stereocenters. The van der Waals surface area contributed by atoms with Crippen LogP contribution in [0.3, 0.4) is 0 Å². The van der Waals surface area contributed by atoms with E-state index in [2.05, 4.69) is 43.2 Å². The number of carbonyl (C=O) groups excluding carboxylic acids is 1. The molecule has 7 nitrogen and oxygen atoms in total. The van der Waals surface area contributed by atoms with Crippen LogP contribution in [0.15, 0.2) is 63.7 Å². The molecule has 192 valence electrons. The van der Waals surface area contributed by atoms with E-state index in [0.717, 1.165) is 5.70 Å². The highest BCUT2D eigenvalue weighted by molar-refractivity contribution is 7.98. The Hall–Kier alpha value is -3.52. The molecule has 2 N–H and O–H groups in total. The van der Waals surface area contributed by atoms with Crippen LogP contribution in [0.4, 0.5) is 5.82 Å². The van der Waals surface area contributed by atoms with Gasteiger partial charge in [-0.25, -0.2) is 4.98 Å². The third-order valence-corrected chi connectivity index (χ3v) is 8.00. The van der Waals surface area contributed by atoms with Crippen molar-refractivity contribution in [2.45, 2.75) is 50.4 Å². The van der Waals surface area contributed by atoms with Gasteiger partial charge in [-0.3, -0.25) is 9.59 Å². The number of aromatic amines is 1. The Kier molecular flexibility index (Phi) is 6.62. The number of aromatic nitrogens is 2. The van der Waals surface area contributed by atoms with Crippen molar-refractivity contribution in [2.24, 2.45) is 5.41 Å². The van der Waals surface area contributed by atoms with Gasteiger partial charge in [-0.1, -0.05) is 49.9 Å². The third-order valence-electron chi connectivity index (χ3n) is 7.07. The van der Waals surface area contributed by atoms with Crippen LogP contribution in [0.1, 0.15) is 54.9 Å². The molecule has 1 atom stereocenters. The van der Waals surface area contributed by atoms with Crippen LogP contribution >= 0.6 is 11.8 Å². The number of carbonyl (C=O) groups is 1. The molecule has 1 aromatic heterocycles. The Morgan fingerprint density at radius 1 is 1.08 bits per heavy atom. The van der Waals surface area contributed by atoms with Gasteiger partial charge in [0.1, 0.15) is 17.3 Å². The van der Waals surface area contributed by atoms with Crippen LogP contribution in [0.5, 0.6) is 11.5 Å². The summed E-state index contributed by atoms with van der Waals surface area (Å²) in [4.78, 5) is 35.0. The number of anilines is 1. The Balaban J connectivity index is 1.64. The number of hydrogen-bond donors (Lipinski definition) is 2.